The van der Waals surface area contributed by atoms with E-state index in [1.807, 2.05) is 42.1 Å². The number of benzene rings is 2. The minimum Gasteiger partial charge on any atom is -0.497 e. The van der Waals surface area contributed by atoms with E-state index >= 15 is 0 Å². The van der Waals surface area contributed by atoms with Crippen LogP contribution in [0, 0.1) is 0 Å². The molecule has 0 unspecified atom stereocenters. The second kappa shape index (κ2) is 8.30. The number of thioether (sulfide) groups is 1. The zero-order valence-corrected chi connectivity index (χ0v) is 15.5. The first kappa shape index (κ1) is 17.7. The zero-order valence-electron chi connectivity index (χ0n) is 14.7. The Hall–Kier alpha value is -2.14. The largest absolute Gasteiger partial charge is 0.497 e. The number of nitrogens with one attached hydrogen (secondary N) is 1. The predicted octanol–water partition coefficient (Wildman–Crippen LogP) is 3.70. The van der Waals surface area contributed by atoms with Gasteiger partial charge in [-0.3, -0.25) is 4.79 Å². The molecule has 0 fully saturated rings. The van der Waals surface area contributed by atoms with E-state index in [-0.39, 0.29) is 5.91 Å². The third kappa shape index (κ3) is 4.48. The number of methoxy groups -OCH3 is 1. The van der Waals surface area contributed by atoms with Gasteiger partial charge >= 0.3 is 0 Å². The van der Waals surface area contributed by atoms with Crippen molar-refractivity contribution in [3.63, 3.8) is 0 Å². The molecular weight excluding hydrogens is 332 g/mol. The highest BCUT2D eigenvalue weighted by Gasteiger charge is 2.25. The Kier molecular flexibility index (Phi) is 5.87. The fourth-order valence-corrected chi connectivity index (χ4v) is 4.21. The Balaban J connectivity index is 1.62. The quantitative estimate of drug-likeness (QED) is 0.857. The summed E-state index contributed by atoms with van der Waals surface area (Å²) in [5.41, 5.74) is 2.20. The van der Waals surface area contributed by atoms with Crippen LogP contribution in [0.25, 0.3) is 0 Å². The molecule has 4 nitrogen and oxygen atoms in total. The Morgan fingerprint density at radius 3 is 2.92 bits per heavy atom. The van der Waals surface area contributed by atoms with Gasteiger partial charge in [-0.05, 0) is 36.2 Å². The zero-order chi connectivity index (χ0) is 17.6. The van der Waals surface area contributed by atoms with E-state index < -0.39 is 0 Å². The molecular formula is C20H24N2O2S. The molecule has 0 bridgehead atoms. The van der Waals surface area contributed by atoms with E-state index in [2.05, 4.69) is 35.3 Å². The summed E-state index contributed by atoms with van der Waals surface area (Å²) in [5, 5.41) is 3.55. The SMILES string of the molecule is CC[C@@H]1CN(CC(=O)NCc2cccc(OC)c2)c2ccccc2S1. The maximum atomic E-state index is 12.5. The van der Waals surface area contributed by atoms with Gasteiger partial charge in [-0.2, -0.15) is 0 Å². The lowest BCUT2D eigenvalue weighted by Crippen LogP contribution is -2.42. The molecule has 0 saturated carbocycles. The summed E-state index contributed by atoms with van der Waals surface area (Å²) in [6, 6.07) is 16.1. The summed E-state index contributed by atoms with van der Waals surface area (Å²) >= 11 is 1.91. The molecule has 1 heterocycles. The Bertz CT molecular complexity index is 735. The molecule has 1 aliphatic heterocycles. The summed E-state index contributed by atoms with van der Waals surface area (Å²) in [6.45, 7) is 4.01. The molecule has 2 aromatic rings. The van der Waals surface area contributed by atoms with Gasteiger partial charge in [0.1, 0.15) is 5.75 Å². The van der Waals surface area contributed by atoms with Gasteiger partial charge in [-0.25, -0.2) is 0 Å². The fourth-order valence-electron chi connectivity index (χ4n) is 2.95. The van der Waals surface area contributed by atoms with E-state index in [4.69, 9.17) is 4.74 Å². The summed E-state index contributed by atoms with van der Waals surface area (Å²) in [6.07, 6.45) is 1.10. The van der Waals surface area contributed by atoms with Crippen LogP contribution in [-0.4, -0.2) is 31.4 Å². The monoisotopic (exact) mass is 356 g/mol. The third-order valence-electron chi connectivity index (χ3n) is 4.34. The van der Waals surface area contributed by atoms with Crippen molar-refractivity contribution in [3.8, 4) is 5.75 Å². The van der Waals surface area contributed by atoms with Gasteiger partial charge in [-0.1, -0.05) is 31.2 Å². The molecule has 0 saturated heterocycles. The number of nitrogens with zero attached hydrogens (tertiary/aromatic N) is 1. The fraction of sp³-hybridized carbons (Fsp3) is 0.350. The number of hydrogen-bond acceptors (Lipinski definition) is 4. The number of ether oxygens (including phenoxy) is 1. The van der Waals surface area contributed by atoms with Crippen LogP contribution in [0.1, 0.15) is 18.9 Å². The van der Waals surface area contributed by atoms with Gasteiger partial charge < -0.3 is 15.0 Å². The molecule has 3 rings (SSSR count). The molecule has 1 aliphatic rings. The van der Waals surface area contributed by atoms with Crippen LogP contribution in [0.3, 0.4) is 0 Å². The third-order valence-corrected chi connectivity index (χ3v) is 5.75. The second-order valence-corrected chi connectivity index (χ2v) is 7.47. The number of anilines is 1. The molecule has 132 valence electrons. The first-order valence-corrected chi connectivity index (χ1v) is 9.48. The van der Waals surface area contributed by atoms with Crippen molar-refractivity contribution in [2.24, 2.45) is 0 Å². The van der Waals surface area contributed by atoms with Gasteiger partial charge in [0.05, 0.1) is 19.3 Å². The van der Waals surface area contributed by atoms with Crippen molar-refractivity contribution in [1.82, 2.24) is 5.32 Å². The smallest absolute Gasteiger partial charge is 0.239 e. The lowest BCUT2D eigenvalue weighted by molar-refractivity contribution is -0.119. The number of rotatable bonds is 6. The van der Waals surface area contributed by atoms with Crippen molar-refractivity contribution >= 4 is 23.4 Å². The van der Waals surface area contributed by atoms with Crippen molar-refractivity contribution in [3.05, 3.63) is 54.1 Å². The maximum Gasteiger partial charge on any atom is 0.239 e. The molecule has 1 amide bonds. The van der Waals surface area contributed by atoms with Crippen molar-refractivity contribution in [2.45, 2.75) is 30.0 Å². The van der Waals surface area contributed by atoms with E-state index in [1.54, 1.807) is 7.11 Å². The summed E-state index contributed by atoms with van der Waals surface area (Å²) in [5.74, 6) is 0.846. The average Bonchev–Trinajstić information content (AvgIpc) is 2.66. The van der Waals surface area contributed by atoms with E-state index in [0.29, 0.717) is 18.3 Å². The molecule has 0 aromatic heterocycles. The van der Waals surface area contributed by atoms with Crippen LogP contribution in [0.5, 0.6) is 5.75 Å². The van der Waals surface area contributed by atoms with Gasteiger partial charge in [0, 0.05) is 23.2 Å². The highest BCUT2D eigenvalue weighted by molar-refractivity contribution is 8.00. The van der Waals surface area contributed by atoms with Crippen molar-refractivity contribution in [2.75, 3.05) is 25.1 Å². The highest BCUT2D eigenvalue weighted by Crippen LogP contribution is 2.39. The van der Waals surface area contributed by atoms with Crippen molar-refractivity contribution in [1.29, 1.82) is 0 Å². The van der Waals surface area contributed by atoms with Crippen LogP contribution in [-0.2, 0) is 11.3 Å². The molecule has 1 N–H and O–H groups in total. The van der Waals surface area contributed by atoms with Crippen LogP contribution < -0.4 is 15.0 Å². The standard InChI is InChI=1S/C20H24N2O2S/c1-3-17-13-22(18-9-4-5-10-19(18)25-17)14-20(23)21-12-15-7-6-8-16(11-15)24-2/h4-11,17H,3,12-14H2,1-2H3,(H,21,23)/t17-/m1/s1. The Morgan fingerprint density at radius 2 is 2.12 bits per heavy atom. The summed E-state index contributed by atoms with van der Waals surface area (Å²) < 4.78 is 5.22. The summed E-state index contributed by atoms with van der Waals surface area (Å²) in [7, 11) is 1.65. The van der Waals surface area contributed by atoms with E-state index in [1.165, 1.54) is 4.90 Å². The second-order valence-electron chi connectivity index (χ2n) is 6.12. The normalized spacial score (nSPS) is 16.2. The van der Waals surface area contributed by atoms with Crippen LogP contribution >= 0.6 is 11.8 Å². The number of carbonyl (C=O) groups is 1. The molecule has 25 heavy (non-hydrogen) atoms. The predicted molar refractivity (Wildman–Crippen MR) is 103 cm³/mol. The average molecular weight is 356 g/mol. The minimum absolute atomic E-state index is 0.0411. The number of fused-ring (bicyclic) bond motifs is 1. The molecule has 2 aromatic carbocycles. The van der Waals surface area contributed by atoms with Gasteiger partial charge in [0.2, 0.25) is 5.91 Å². The Labute approximate surface area is 153 Å². The van der Waals surface area contributed by atoms with E-state index in [0.717, 1.165) is 30.0 Å². The number of carbonyl (C=O) groups excluding carboxylic acids is 1. The van der Waals surface area contributed by atoms with Gasteiger partial charge in [-0.15, -0.1) is 11.8 Å². The van der Waals surface area contributed by atoms with Gasteiger partial charge in [0.15, 0.2) is 0 Å². The topological polar surface area (TPSA) is 41.6 Å². The van der Waals surface area contributed by atoms with Crippen LogP contribution in [0.2, 0.25) is 0 Å². The lowest BCUT2D eigenvalue weighted by atomic mass is 10.2. The van der Waals surface area contributed by atoms with Crippen LogP contribution in [0.4, 0.5) is 5.69 Å². The van der Waals surface area contributed by atoms with Crippen molar-refractivity contribution < 1.29 is 9.53 Å². The van der Waals surface area contributed by atoms with E-state index in [9.17, 15) is 4.79 Å². The first-order valence-electron chi connectivity index (χ1n) is 8.60. The van der Waals surface area contributed by atoms with Gasteiger partial charge in [0.25, 0.3) is 0 Å². The van der Waals surface area contributed by atoms with Crippen LogP contribution in [0.15, 0.2) is 53.4 Å². The first-order chi connectivity index (χ1) is 12.2. The molecule has 0 spiro atoms. The maximum absolute atomic E-state index is 12.5. The minimum atomic E-state index is 0.0411. The lowest BCUT2D eigenvalue weighted by Gasteiger charge is -2.34. The Morgan fingerprint density at radius 1 is 1.28 bits per heavy atom. The molecule has 0 radical (unpaired) electrons. The highest BCUT2D eigenvalue weighted by atomic mass is 32.2. The summed E-state index contributed by atoms with van der Waals surface area (Å²) in [4.78, 5) is 15.9. The number of amides is 1. The number of hydrogen-bond donors (Lipinski definition) is 1. The number of para-hydroxylation sites is 1. The molecule has 0 aliphatic carbocycles. The molecule has 1 atom stereocenters. The molecule has 5 heteroatoms.